The van der Waals surface area contributed by atoms with E-state index in [1.807, 2.05) is 18.9 Å². The van der Waals surface area contributed by atoms with Gasteiger partial charge in [0.2, 0.25) is 11.8 Å². The fourth-order valence-corrected chi connectivity index (χ4v) is 2.64. The van der Waals surface area contributed by atoms with E-state index < -0.39 is 0 Å². The first-order chi connectivity index (χ1) is 12.8. The number of carbonyl (C=O) groups excluding carboxylic acids is 2. The van der Waals surface area contributed by atoms with Crippen LogP contribution in [0.4, 0.5) is 15.8 Å². The number of hydrogen-bond donors (Lipinski definition) is 2. The number of carbonyl (C=O) groups is 2. The topological polar surface area (TPSA) is 70.7 Å². The largest absolute Gasteiger partial charge is 0.495 e. The van der Waals surface area contributed by atoms with Gasteiger partial charge < -0.3 is 15.4 Å². The van der Waals surface area contributed by atoms with E-state index in [-0.39, 0.29) is 30.2 Å². The average Bonchev–Trinajstić information content (AvgIpc) is 2.61. The highest BCUT2D eigenvalue weighted by molar-refractivity contribution is 5.95. The number of nitrogens with one attached hydrogen (secondary N) is 2. The Labute approximate surface area is 158 Å². The number of nitrogens with zero attached hydrogens (tertiary/aromatic N) is 1. The van der Waals surface area contributed by atoms with Crippen molar-refractivity contribution < 1.29 is 18.7 Å². The zero-order chi connectivity index (χ0) is 20.0. The van der Waals surface area contributed by atoms with Gasteiger partial charge in [-0.15, -0.1) is 0 Å². The summed E-state index contributed by atoms with van der Waals surface area (Å²) < 4.78 is 18.3. The van der Waals surface area contributed by atoms with Gasteiger partial charge in [-0.2, -0.15) is 0 Å². The standard InChI is InChI=1S/C20H24FN3O3/c1-13(15-5-7-16(21)8-6-15)24(3)12-20(26)23-18-11-17(22-14(2)25)9-10-19(18)27-4/h5-11,13H,12H2,1-4H3,(H,22,25)(H,23,26). The molecule has 0 spiro atoms. The van der Waals surface area contributed by atoms with Gasteiger partial charge >= 0.3 is 0 Å². The summed E-state index contributed by atoms with van der Waals surface area (Å²) in [6.45, 7) is 3.48. The Bertz CT molecular complexity index is 809. The van der Waals surface area contributed by atoms with Crippen LogP contribution in [0, 0.1) is 5.82 Å². The number of methoxy groups -OCH3 is 1. The smallest absolute Gasteiger partial charge is 0.238 e. The molecule has 2 aromatic rings. The molecular weight excluding hydrogens is 349 g/mol. The Kier molecular flexibility index (Phi) is 6.90. The molecule has 2 N–H and O–H groups in total. The monoisotopic (exact) mass is 373 g/mol. The number of rotatable bonds is 7. The van der Waals surface area contributed by atoms with Crippen molar-refractivity contribution in [1.82, 2.24) is 4.90 Å². The quantitative estimate of drug-likeness (QED) is 0.780. The summed E-state index contributed by atoms with van der Waals surface area (Å²) in [4.78, 5) is 25.5. The molecular formula is C20H24FN3O3. The third kappa shape index (κ3) is 5.79. The van der Waals surface area contributed by atoms with Crippen molar-refractivity contribution in [1.29, 1.82) is 0 Å². The first-order valence-corrected chi connectivity index (χ1v) is 8.51. The lowest BCUT2D eigenvalue weighted by molar-refractivity contribution is -0.117. The van der Waals surface area contributed by atoms with E-state index in [1.54, 1.807) is 30.3 Å². The molecule has 0 aliphatic heterocycles. The van der Waals surface area contributed by atoms with Gasteiger partial charge in [-0.1, -0.05) is 12.1 Å². The number of benzene rings is 2. The first-order valence-electron chi connectivity index (χ1n) is 8.51. The first kappa shape index (κ1) is 20.4. The van der Waals surface area contributed by atoms with E-state index in [2.05, 4.69) is 10.6 Å². The molecule has 0 saturated carbocycles. The number of amides is 2. The molecule has 0 aromatic heterocycles. The van der Waals surface area contributed by atoms with Gasteiger partial charge in [0, 0.05) is 18.7 Å². The van der Waals surface area contributed by atoms with E-state index >= 15 is 0 Å². The van der Waals surface area contributed by atoms with E-state index in [1.165, 1.54) is 26.2 Å². The maximum Gasteiger partial charge on any atom is 0.238 e. The third-order valence-electron chi connectivity index (χ3n) is 4.20. The number of halogens is 1. The van der Waals surface area contributed by atoms with Gasteiger partial charge in [-0.05, 0) is 49.9 Å². The van der Waals surface area contributed by atoms with Crippen molar-refractivity contribution in [3.05, 3.63) is 53.8 Å². The van der Waals surface area contributed by atoms with Crippen molar-refractivity contribution in [2.45, 2.75) is 19.9 Å². The van der Waals surface area contributed by atoms with Crippen molar-refractivity contribution >= 4 is 23.2 Å². The lowest BCUT2D eigenvalue weighted by Gasteiger charge is -2.24. The predicted molar refractivity (Wildman–Crippen MR) is 103 cm³/mol. The van der Waals surface area contributed by atoms with Crippen molar-refractivity contribution in [2.75, 3.05) is 31.3 Å². The molecule has 27 heavy (non-hydrogen) atoms. The van der Waals surface area contributed by atoms with Crippen LogP contribution in [0.5, 0.6) is 5.75 Å². The summed E-state index contributed by atoms with van der Waals surface area (Å²) in [7, 11) is 3.32. The van der Waals surface area contributed by atoms with Crippen molar-refractivity contribution in [3.8, 4) is 5.75 Å². The Balaban J connectivity index is 2.05. The molecule has 1 atom stereocenters. The molecule has 0 heterocycles. The molecule has 2 amide bonds. The van der Waals surface area contributed by atoms with Crippen LogP contribution in [-0.4, -0.2) is 37.4 Å². The van der Waals surface area contributed by atoms with Gasteiger partial charge in [0.1, 0.15) is 11.6 Å². The van der Waals surface area contributed by atoms with E-state index in [0.29, 0.717) is 17.1 Å². The second-order valence-electron chi connectivity index (χ2n) is 6.29. The van der Waals surface area contributed by atoms with Gasteiger partial charge in [0.25, 0.3) is 0 Å². The second kappa shape index (κ2) is 9.14. The van der Waals surface area contributed by atoms with Crippen LogP contribution in [0.1, 0.15) is 25.5 Å². The van der Waals surface area contributed by atoms with Crippen LogP contribution >= 0.6 is 0 Å². The number of hydrogen-bond acceptors (Lipinski definition) is 4. The Morgan fingerprint density at radius 2 is 1.81 bits per heavy atom. The molecule has 7 heteroatoms. The molecule has 0 fully saturated rings. The summed E-state index contributed by atoms with van der Waals surface area (Å²) in [6.07, 6.45) is 0. The van der Waals surface area contributed by atoms with E-state index in [0.717, 1.165) is 5.56 Å². The lowest BCUT2D eigenvalue weighted by Crippen LogP contribution is -2.32. The minimum atomic E-state index is -0.294. The Morgan fingerprint density at radius 3 is 2.41 bits per heavy atom. The van der Waals surface area contributed by atoms with Crippen LogP contribution in [0.2, 0.25) is 0 Å². The van der Waals surface area contributed by atoms with Crippen LogP contribution in [0.3, 0.4) is 0 Å². The normalized spacial score (nSPS) is 11.8. The number of ether oxygens (including phenoxy) is 1. The third-order valence-corrected chi connectivity index (χ3v) is 4.20. The summed E-state index contributed by atoms with van der Waals surface area (Å²) in [5.74, 6) is -0.237. The highest BCUT2D eigenvalue weighted by Gasteiger charge is 2.16. The van der Waals surface area contributed by atoms with Gasteiger partial charge in [0.15, 0.2) is 0 Å². The van der Waals surface area contributed by atoms with Gasteiger partial charge in [-0.3, -0.25) is 14.5 Å². The summed E-state index contributed by atoms with van der Waals surface area (Å²) in [5.41, 5.74) is 1.94. The van der Waals surface area contributed by atoms with E-state index in [4.69, 9.17) is 4.74 Å². The minimum absolute atomic E-state index is 0.0658. The molecule has 6 nitrogen and oxygen atoms in total. The fraction of sp³-hybridized carbons (Fsp3) is 0.300. The zero-order valence-electron chi connectivity index (χ0n) is 15.9. The van der Waals surface area contributed by atoms with Crippen molar-refractivity contribution in [2.24, 2.45) is 0 Å². The average molecular weight is 373 g/mol. The zero-order valence-corrected chi connectivity index (χ0v) is 15.9. The number of anilines is 2. The van der Waals surface area contributed by atoms with Crippen molar-refractivity contribution in [3.63, 3.8) is 0 Å². The summed E-state index contributed by atoms with van der Waals surface area (Å²) in [6, 6.07) is 11.1. The molecule has 0 saturated heterocycles. The highest BCUT2D eigenvalue weighted by Crippen LogP contribution is 2.28. The molecule has 144 valence electrons. The summed E-state index contributed by atoms with van der Waals surface area (Å²) >= 11 is 0. The maximum absolute atomic E-state index is 13.1. The highest BCUT2D eigenvalue weighted by atomic mass is 19.1. The summed E-state index contributed by atoms with van der Waals surface area (Å²) in [5, 5.41) is 5.47. The minimum Gasteiger partial charge on any atom is -0.495 e. The molecule has 0 radical (unpaired) electrons. The van der Waals surface area contributed by atoms with Gasteiger partial charge in [-0.25, -0.2) is 4.39 Å². The molecule has 2 rings (SSSR count). The molecule has 2 aromatic carbocycles. The van der Waals surface area contributed by atoms with E-state index in [9.17, 15) is 14.0 Å². The number of likely N-dealkylation sites (N-methyl/N-ethyl adjacent to an activating group) is 1. The Hall–Kier alpha value is -2.93. The second-order valence-corrected chi connectivity index (χ2v) is 6.29. The van der Waals surface area contributed by atoms with Crippen LogP contribution in [-0.2, 0) is 9.59 Å². The molecule has 0 aliphatic carbocycles. The molecule has 0 bridgehead atoms. The molecule has 0 aliphatic rings. The van der Waals surface area contributed by atoms with Gasteiger partial charge in [0.05, 0.1) is 19.3 Å². The fourth-order valence-electron chi connectivity index (χ4n) is 2.64. The maximum atomic E-state index is 13.1. The molecule has 1 unspecified atom stereocenters. The Morgan fingerprint density at radius 1 is 1.15 bits per heavy atom. The SMILES string of the molecule is COc1ccc(NC(C)=O)cc1NC(=O)CN(C)C(C)c1ccc(F)cc1. The lowest BCUT2D eigenvalue weighted by atomic mass is 10.1. The van der Waals surface area contributed by atoms with Crippen LogP contribution < -0.4 is 15.4 Å². The van der Waals surface area contributed by atoms with Crippen LogP contribution in [0.15, 0.2) is 42.5 Å². The van der Waals surface area contributed by atoms with Crippen LogP contribution in [0.25, 0.3) is 0 Å². The predicted octanol–water partition coefficient (Wildman–Crippen LogP) is 3.42.